The van der Waals surface area contributed by atoms with Crippen LogP contribution in [0.2, 0.25) is 0 Å². The van der Waals surface area contributed by atoms with E-state index in [4.69, 9.17) is 4.74 Å². The van der Waals surface area contributed by atoms with Crippen molar-refractivity contribution in [1.82, 2.24) is 4.57 Å². The lowest BCUT2D eigenvalue weighted by atomic mass is 10.0. The SMILES string of the molecule is CCCCn1cc(C(=O)c2ccccc2OC)c2ccccc21. The van der Waals surface area contributed by atoms with Gasteiger partial charge in [-0.25, -0.2) is 0 Å². The molecular weight excluding hydrogens is 286 g/mol. The fourth-order valence-corrected chi connectivity index (χ4v) is 2.92. The van der Waals surface area contributed by atoms with Crippen molar-refractivity contribution < 1.29 is 9.53 Å². The van der Waals surface area contributed by atoms with Crippen LogP contribution in [0.4, 0.5) is 0 Å². The average Bonchev–Trinajstić information content (AvgIpc) is 2.98. The second-order valence-electron chi connectivity index (χ2n) is 5.64. The molecule has 0 radical (unpaired) electrons. The van der Waals surface area contributed by atoms with E-state index in [9.17, 15) is 4.79 Å². The summed E-state index contributed by atoms with van der Waals surface area (Å²) >= 11 is 0. The minimum atomic E-state index is 0.00824. The maximum atomic E-state index is 13.0. The molecule has 0 fully saturated rings. The molecule has 3 heteroatoms. The number of hydrogen-bond donors (Lipinski definition) is 0. The molecule has 1 heterocycles. The number of carbonyl (C=O) groups is 1. The average molecular weight is 307 g/mol. The van der Waals surface area contributed by atoms with E-state index in [0.717, 1.165) is 35.9 Å². The third-order valence-corrected chi connectivity index (χ3v) is 4.14. The second-order valence-corrected chi connectivity index (χ2v) is 5.64. The van der Waals surface area contributed by atoms with Gasteiger partial charge in [-0.3, -0.25) is 4.79 Å². The standard InChI is InChI=1S/C20H21NO2/c1-3-4-13-21-14-17(15-9-5-7-11-18(15)21)20(22)16-10-6-8-12-19(16)23-2/h5-12,14H,3-4,13H2,1-2H3. The Morgan fingerprint density at radius 2 is 1.78 bits per heavy atom. The molecule has 0 spiro atoms. The van der Waals surface area contributed by atoms with E-state index in [2.05, 4.69) is 17.6 Å². The molecule has 1 aromatic heterocycles. The first-order valence-corrected chi connectivity index (χ1v) is 8.02. The van der Waals surface area contributed by atoms with Gasteiger partial charge in [0, 0.05) is 29.2 Å². The Morgan fingerprint density at radius 1 is 1.04 bits per heavy atom. The van der Waals surface area contributed by atoms with Crippen LogP contribution in [0.15, 0.2) is 54.7 Å². The maximum absolute atomic E-state index is 13.0. The number of nitrogens with zero attached hydrogens (tertiary/aromatic N) is 1. The smallest absolute Gasteiger partial charge is 0.198 e. The molecule has 2 aromatic carbocycles. The zero-order valence-corrected chi connectivity index (χ0v) is 13.6. The first-order chi connectivity index (χ1) is 11.3. The number of para-hydroxylation sites is 2. The predicted molar refractivity (Wildman–Crippen MR) is 93.3 cm³/mol. The summed E-state index contributed by atoms with van der Waals surface area (Å²) in [5.41, 5.74) is 2.45. The summed E-state index contributed by atoms with van der Waals surface area (Å²) in [5.74, 6) is 0.622. The van der Waals surface area contributed by atoms with Gasteiger partial charge >= 0.3 is 0 Å². The number of ketones is 1. The second kappa shape index (κ2) is 6.69. The summed E-state index contributed by atoms with van der Waals surface area (Å²) < 4.78 is 7.53. The van der Waals surface area contributed by atoms with Crippen LogP contribution < -0.4 is 4.74 Å². The van der Waals surface area contributed by atoms with Gasteiger partial charge < -0.3 is 9.30 Å². The highest BCUT2D eigenvalue weighted by Crippen LogP contribution is 2.27. The lowest BCUT2D eigenvalue weighted by Gasteiger charge is -2.06. The van der Waals surface area contributed by atoms with Crippen LogP contribution in [0.3, 0.4) is 0 Å². The van der Waals surface area contributed by atoms with Gasteiger partial charge in [-0.05, 0) is 24.6 Å². The van der Waals surface area contributed by atoms with Crippen molar-refractivity contribution in [2.75, 3.05) is 7.11 Å². The quantitative estimate of drug-likeness (QED) is 0.619. The summed E-state index contributed by atoms with van der Waals surface area (Å²) in [6.45, 7) is 3.10. The molecule has 0 saturated carbocycles. The van der Waals surface area contributed by atoms with Gasteiger partial charge in [-0.15, -0.1) is 0 Å². The molecule has 0 atom stereocenters. The Kier molecular flexibility index (Phi) is 4.47. The van der Waals surface area contributed by atoms with Crippen molar-refractivity contribution in [1.29, 1.82) is 0 Å². The van der Waals surface area contributed by atoms with Gasteiger partial charge in [0.25, 0.3) is 0 Å². The third kappa shape index (κ3) is 2.87. The first-order valence-electron chi connectivity index (χ1n) is 8.02. The minimum Gasteiger partial charge on any atom is -0.496 e. The zero-order chi connectivity index (χ0) is 16.2. The molecule has 3 rings (SSSR count). The largest absolute Gasteiger partial charge is 0.496 e. The van der Waals surface area contributed by atoms with Crippen molar-refractivity contribution in [2.24, 2.45) is 0 Å². The van der Waals surface area contributed by atoms with Gasteiger partial charge in [-0.1, -0.05) is 43.7 Å². The van der Waals surface area contributed by atoms with Crippen LogP contribution in [0.5, 0.6) is 5.75 Å². The van der Waals surface area contributed by atoms with Gasteiger partial charge in [0.05, 0.1) is 12.7 Å². The van der Waals surface area contributed by atoms with E-state index in [1.54, 1.807) is 7.11 Å². The molecular formula is C20H21NO2. The minimum absolute atomic E-state index is 0.00824. The van der Waals surface area contributed by atoms with Crippen molar-refractivity contribution >= 4 is 16.7 Å². The molecule has 118 valence electrons. The normalized spacial score (nSPS) is 10.9. The summed E-state index contributed by atoms with van der Waals surface area (Å²) in [6.07, 6.45) is 4.21. The van der Waals surface area contributed by atoms with Crippen molar-refractivity contribution in [3.63, 3.8) is 0 Å². The highest BCUT2D eigenvalue weighted by atomic mass is 16.5. The van der Waals surface area contributed by atoms with Gasteiger partial charge in [0.1, 0.15) is 5.75 Å². The highest BCUT2D eigenvalue weighted by molar-refractivity contribution is 6.17. The molecule has 0 bridgehead atoms. The monoisotopic (exact) mass is 307 g/mol. The van der Waals surface area contributed by atoms with E-state index in [1.807, 2.05) is 48.7 Å². The molecule has 0 aliphatic carbocycles. The highest BCUT2D eigenvalue weighted by Gasteiger charge is 2.19. The van der Waals surface area contributed by atoms with Crippen molar-refractivity contribution in [3.8, 4) is 5.75 Å². The van der Waals surface area contributed by atoms with E-state index < -0.39 is 0 Å². The lowest BCUT2D eigenvalue weighted by Crippen LogP contribution is -2.03. The molecule has 3 nitrogen and oxygen atoms in total. The van der Waals surface area contributed by atoms with Gasteiger partial charge in [0.15, 0.2) is 5.78 Å². The maximum Gasteiger partial charge on any atom is 0.198 e. The van der Waals surface area contributed by atoms with E-state index in [1.165, 1.54) is 0 Å². The third-order valence-electron chi connectivity index (χ3n) is 4.14. The molecule has 0 unspecified atom stereocenters. The van der Waals surface area contributed by atoms with Crippen LogP contribution in [0, 0.1) is 0 Å². The lowest BCUT2D eigenvalue weighted by molar-refractivity contribution is 0.103. The molecule has 0 N–H and O–H groups in total. The number of aryl methyl sites for hydroxylation is 1. The molecule has 0 aliphatic rings. The summed E-state index contributed by atoms with van der Waals surface area (Å²) in [7, 11) is 1.59. The summed E-state index contributed by atoms with van der Waals surface area (Å²) in [6, 6.07) is 15.5. The fourth-order valence-electron chi connectivity index (χ4n) is 2.92. The number of carbonyl (C=O) groups excluding carboxylic acids is 1. The fraction of sp³-hybridized carbons (Fsp3) is 0.250. The molecule has 23 heavy (non-hydrogen) atoms. The summed E-state index contributed by atoms with van der Waals surface area (Å²) in [5, 5.41) is 1.000. The zero-order valence-electron chi connectivity index (χ0n) is 13.6. The van der Waals surface area contributed by atoms with Crippen molar-refractivity contribution in [3.05, 3.63) is 65.9 Å². The van der Waals surface area contributed by atoms with Crippen LogP contribution in [-0.4, -0.2) is 17.5 Å². The number of rotatable bonds is 6. The number of methoxy groups -OCH3 is 1. The Morgan fingerprint density at radius 3 is 2.57 bits per heavy atom. The summed E-state index contributed by atoms with van der Waals surface area (Å²) in [4.78, 5) is 13.0. The Hall–Kier alpha value is -2.55. The Bertz CT molecular complexity index is 833. The molecule has 3 aromatic rings. The Labute approximate surface area is 136 Å². The van der Waals surface area contributed by atoms with Gasteiger partial charge in [-0.2, -0.15) is 0 Å². The number of unbranched alkanes of at least 4 members (excludes halogenated alkanes) is 1. The van der Waals surface area contributed by atoms with Crippen LogP contribution in [0.1, 0.15) is 35.7 Å². The number of fused-ring (bicyclic) bond motifs is 1. The molecule has 0 amide bonds. The van der Waals surface area contributed by atoms with E-state index in [0.29, 0.717) is 11.3 Å². The molecule has 0 aliphatic heterocycles. The number of hydrogen-bond acceptors (Lipinski definition) is 2. The van der Waals surface area contributed by atoms with Crippen LogP contribution in [0.25, 0.3) is 10.9 Å². The van der Waals surface area contributed by atoms with Crippen molar-refractivity contribution in [2.45, 2.75) is 26.3 Å². The van der Waals surface area contributed by atoms with Gasteiger partial charge in [0.2, 0.25) is 0 Å². The first kappa shape index (κ1) is 15.3. The predicted octanol–water partition coefficient (Wildman–Crippen LogP) is 4.68. The topological polar surface area (TPSA) is 31.2 Å². The van der Waals surface area contributed by atoms with E-state index in [-0.39, 0.29) is 5.78 Å². The number of ether oxygens (including phenoxy) is 1. The Balaban J connectivity index is 2.10. The van der Waals surface area contributed by atoms with Crippen LogP contribution >= 0.6 is 0 Å². The molecule has 0 saturated heterocycles. The van der Waals surface area contributed by atoms with Crippen LogP contribution in [-0.2, 0) is 6.54 Å². The van der Waals surface area contributed by atoms with E-state index >= 15 is 0 Å². The number of aromatic nitrogens is 1. The number of benzene rings is 2.